The molecule has 3 rings (SSSR count). The highest BCUT2D eigenvalue weighted by atomic mass is 35.5. The summed E-state index contributed by atoms with van der Waals surface area (Å²) in [7, 11) is -4.98. The topological polar surface area (TPSA) is 138 Å². The molecule has 1 saturated heterocycles. The third kappa shape index (κ3) is 7.03. The summed E-state index contributed by atoms with van der Waals surface area (Å²) in [6, 6.07) is 5.64. The van der Waals surface area contributed by atoms with Crippen molar-refractivity contribution in [1.29, 1.82) is 0 Å². The Kier molecular flexibility index (Phi) is 8.37. The van der Waals surface area contributed by atoms with Gasteiger partial charge in [0, 0.05) is 29.2 Å². The Bertz CT molecular complexity index is 1170. The monoisotopic (exact) mass is 530 g/mol. The van der Waals surface area contributed by atoms with Gasteiger partial charge in [-0.3, -0.25) is 14.1 Å². The highest BCUT2D eigenvalue weighted by molar-refractivity contribution is 7.81. The van der Waals surface area contributed by atoms with E-state index in [1.54, 1.807) is 0 Å². The number of nitrogens with zero attached hydrogens (tertiary/aromatic N) is 2. The first-order valence-electron chi connectivity index (χ1n) is 10.4. The van der Waals surface area contributed by atoms with E-state index >= 15 is 0 Å². The van der Waals surface area contributed by atoms with Gasteiger partial charge in [-0.05, 0) is 58.0 Å². The van der Waals surface area contributed by atoms with Crippen LogP contribution >= 0.6 is 23.2 Å². The van der Waals surface area contributed by atoms with Crippen LogP contribution in [0.3, 0.4) is 0 Å². The second-order valence-electron chi connectivity index (χ2n) is 8.05. The molecule has 0 radical (unpaired) electrons. The van der Waals surface area contributed by atoms with Crippen molar-refractivity contribution >= 4 is 56.9 Å². The molecule has 1 aliphatic rings. The molecule has 2 heterocycles. The van der Waals surface area contributed by atoms with Crippen molar-refractivity contribution in [2.24, 2.45) is 5.92 Å². The molecule has 0 saturated carbocycles. The van der Waals surface area contributed by atoms with E-state index < -0.39 is 28.0 Å². The zero-order valence-electron chi connectivity index (χ0n) is 18.4. The fourth-order valence-corrected chi connectivity index (χ4v) is 4.28. The number of rotatable bonds is 7. The minimum absolute atomic E-state index is 0.0592. The van der Waals surface area contributed by atoms with Gasteiger partial charge in [-0.15, -0.1) is 0 Å². The number of pyridine rings is 1. The molecular formula is C21H24Cl2N4O6S. The van der Waals surface area contributed by atoms with Gasteiger partial charge in [-0.1, -0.05) is 23.2 Å². The number of halogens is 2. The lowest BCUT2D eigenvalue weighted by atomic mass is 9.95. The van der Waals surface area contributed by atoms with Crippen molar-refractivity contribution in [3.63, 3.8) is 0 Å². The Morgan fingerprint density at radius 3 is 2.38 bits per heavy atom. The molecule has 0 bridgehead atoms. The van der Waals surface area contributed by atoms with Crippen LogP contribution in [0.1, 0.15) is 37.0 Å². The van der Waals surface area contributed by atoms with Gasteiger partial charge in [0.1, 0.15) is 5.82 Å². The minimum Gasteiger partial charge on any atom is -0.359 e. The second-order valence-corrected chi connectivity index (χ2v) is 9.94. The molecule has 0 unspecified atom stereocenters. The molecule has 0 atom stereocenters. The molecule has 184 valence electrons. The predicted molar refractivity (Wildman–Crippen MR) is 129 cm³/mol. The zero-order valence-corrected chi connectivity index (χ0v) is 20.7. The standard InChI is InChI=1S/C21H24Cl2N4O6S/c1-12(2)27-7-5-13(6-8-27)20(28)26-19-16(9-15(23)10-17(19)33-34(30,31)32)21(29)25-18-4-3-14(22)11-24-18/h3-4,9-13H,5-8H2,1-2H3,(H,26,28)(H,24,25,29)(H,30,31,32). The van der Waals surface area contributed by atoms with Crippen LogP contribution in [0, 0.1) is 5.92 Å². The van der Waals surface area contributed by atoms with Gasteiger partial charge in [0.15, 0.2) is 5.75 Å². The number of anilines is 2. The Labute approximate surface area is 207 Å². The first-order chi connectivity index (χ1) is 15.9. The highest BCUT2D eigenvalue weighted by Crippen LogP contribution is 2.35. The number of benzene rings is 1. The van der Waals surface area contributed by atoms with Crippen molar-refractivity contribution in [3.8, 4) is 5.75 Å². The van der Waals surface area contributed by atoms with E-state index in [1.807, 2.05) is 0 Å². The number of hydrogen-bond donors (Lipinski definition) is 3. The summed E-state index contributed by atoms with van der Waals surface area (Å²) in [6.45, 7) is 5.60. The largest absolute Gasteiger partial charge is 0.446 e. The van der Waals surface area contributed by atoms with Gasteiger partial charge in [0.05, 0.1) is 16.3 Å². The molecule has 2 aromatic rings. The third-order valence-corrected chi connectivity index (χ3v) is 6.19. The van der Waals surface area contributed by atoms with Crippen molar-refractivity contribution in [2.75, 3.05) is 23.7 Å². The Morgan fingerprint density at radius 1 is 1.15 bits per heavy atom. The number of carbonyl (C=O) groups excluding carboxylic acids is 2. The van der Waals surface area contributed by atoms with Crippen LogP contribution in [-0.4, -0.2) is 53.8 Å². The number of carbonyl (C=O) groups is 2. The second kappa shape index (κ2) is 10.9. The smallest absolute Gasteiger partial charge is 0.359 e. The third-order valence-electron chi connectivity index (χ3n) is 5.35. The maximum absolute atomic E-state index is 13.0. The number of amides is 2. The molecule has 1 aromatic heterocycles. The number of hydrogen-bond acceptors (Lipinski definition) is 7. The summed E-state index contributed by atoms with van der Waals surface area (Å²) in [5.41, 5.74) is -0.430. The number of likely N-dealkylation sites (tertiary alicyclic amines) is 1. The quantitative estimate of drug-likeness (QED) is 0.458. The van der Waals surface area contributed by atoms with Gasteiger partial charge in [-0.2, -0.15) is 8.42 Å². The van der Waals surface area contributed by atoms with Crippen LogP contribution in [0.25, 0.3) is 0 Å². The van der Waals surface area contributed by atoms with E-state index in [-0.39, 0.29) is 28.0 Å². The molecule has 1 aromatic carbocycles. The van der Waals surface area contributed by atoms with Gasteiger partial charge in [-0.25, -0.2) is 4.98 Å². The van der Waals surface area contributed by atoms with E-state index in [2.05, 4.69) is 38.5 Å². The lowest BCUT2D eigenvalue weighted by molar-refractivity contribution is -0.121. The highest BCUT2D eigenvalue weighted by Gasteiger charge is 2.29. The van der Waals surface area contributed by atoms with Crippen LogP contribution in [-0.2, 0) is 15.2 Å². The average molecular weight is 531 g/mol. The predicted octanol–water partition coefficient (Wildman–Crippen LogP) is 3.88. The van der Waals surface area contributed by atoms with E-state index in [0.29, 0.717) is 23.9 Å². The summed E-state index contributed by atoms with van der Waals surface area (Å²) >= 11 is 11.9. The number of nitrogens with one attached hydrogen (secondary N) is 2. The van der Waals surface area contributed by atoms with Crippen molar-refractivity contribution < 1.29 is 26.7 Å². The van der Waals surface area contributed by atoms with Gasteiger partial charge >= 0.3 is 10.4 Å². The summed E-state index contributed by atoms with van der Waals surface area (Å²) in [5, 5.41) is 5.42. The van der Waals surface area contributed by atoms with Crippen molar-refractivity contribution in [1.82, 2.24) is 9.88 Å². The van der Waals surface area contributed by atoms with E-state index in [4.69, 9.17) is 23.2 Å². The minimum atomic E-state index is -4.98. The van der Waals surface area contributed by atoms with Crippen molar-refractivity contribution in [2.45, 2.75) is 32.7 Å². The average Bonchev–Trinajstić information content (AvgIpc) is 2.75. The summed E-state index contributed by atoms with van der Waals surface area (Å²) in [5.74, 6) is -1.87. The van der Waals surface area contributed by atoms with Crippen LogP contribution in [0.15, 0.2) is 30.5 Å². The van der Waals surface area contributed by atoms with Gasteiger partial charge in [0.25, 0.3) is 5.91 Å². The summed E-state index contributed by atoms with van der Waals surface area (Å²) < 4.78 is 36.6. The SMILES string of the molecule is CC(C)N1CCC(C(=O)Nc2c(OS(=O)(=O)O)cc(Cl)cc2C(=O)Nc2ccc(Cl)cn2)CC1. The Balaban J connectivity index is 1.91. The maximum Gasteiger partial charge on any atom is 0.446 e. The Morgan fingerprint density at radius 2 is 1.82 bits per heavy atom. The lowest BCUT2D eigenvalue weighted by Gasteiger charge is -2.34. The van der Waals surface area contributed by atoms with Crippen molar-refractivity contribution in [3.05, 3.63) is 46.1 Å². The first-order valence-corrected chi connectivity index (χ1v) is 12.5. The molecule has 2 amide bonds. The molecule has 3 N–H and O–H groups in total. The molecule has 1 aliphatic heterocycles. The lowest BCUT2D eigenvalue weighted by Crippen LogP contribution is -2.41. The van der Waals surface area contributed by atoms with Gasteiger partial charge in [0.2, 0.25) is 5.91 Å². The van der Waals surface area contributed by atoms with Crippen LogP contribution in [0.4, 0.5) is 11.5 Å². The van der Waals surface area contributed by atoms with Crippen LogP contribution in [0.2, 0.25) is 10.0 Å². The fourth-order valence-electron chi connectivity index (χ4n) is 3.61. The molecule has 0 spiro atoms. The zero-order chi connectivity index (χ0) is 25.0. The Hall–Kier alpha value is -2.44. The summed E-state index contributed by atoms with van der Waals surface area (Å²) in [4.78, 5) is 32.3. The van der Waals surface area contributed by atoms with E-state index in [0.717, 1.165) is 19.2 Å². The maximum atomic E-state index is 13.0. The van der Waals surface area contributed by atoms with Crippen LogP contribution in [0.5, 0.6) is 5.75 Å². The summed E-state index contributed by atoms with van der Waals surface area (Å²) in [6.07, 6.45) is 2.50. The molecular weight excluding hydrogens is 507 g/mol. The fraction of sp³-hybridized carbons (Fsp3) is 0.381. The van der Waals surface area contributed by atoms with E-state index in [9.17, 15) is 22.6 Å². The number of aromatic nitrogens is 1. The molecule has 1 fully saturated rings. The molecule has 13 heteroatoms. The molecule has 0 aliphatic carbocycles. The molecule has 34 heavy (non-hydrogen) atoms. The normalized spacial score (nSPS) is 15.2. The van der Waals surface area contributed by atoms with Crippen LogP contribution < -0.4 is 14.8 Å². The van der Waals surface area contributed by atoms with Gasteiger partial charge < -0.3 is 19.7 Å². The number of piperidine rings is 1. The van der Waals surface area contributed by atoms with E-state index in [1.165, 1.54) is 24.4 Å². The molecule has 10 nitrogen and oxygen atoms in total. The first kappa shape index (κ1) is 26.2.